The van der Waals surface area contributed by atoms with Gasteiger partial charge < -0.3 is 14.6 Å². The van der Waals surface area contributed by atoms with Crippen molar-refractivity contribution >= 4 is 5.97 Å². The molecule has 1 N–H and O–H groups in total. The molecule has 0 radical (unpaired) electrons. The van der Waals surface area contributed by atoms with Crippen LogP contribution in [0, 0.1) is 5.92 Å². The SMILES string of the molecule is C=C1C(=O)O[C@H]2C/C(C)=C/CC/C(C)=C/CC[C@@]3(CO)O[C@H]3C[C@H]12. The van der Waals surface area contributed by atoms with Gasteiger partial charge in [-0.25, -0.2) is 4.79 Å². The third-order valence-corrected chi connectivity index (χ3v) is 5.67. The summed E-state index contributed by atoms with van der Waals surface area (Å²) in [4.78, 5) is 12.0. The Bertz CT molecular complexity index is 588. The number of carbonyl (C=O) groups excluding carboxylic acids is 1. The number of rotatable bonds is 1. The average molecular weight is 332 g/mol. The molecular formula is C20H28O4. The normalized spacial score (nSPS) is 41.9. The Morgan fingerprint density at radius 1 is 1.29 bits per heavy atom. The van der Waals surface area contributed by atoms with E-state index < -0.39 is 5.60 Å². The van der Waals surface area contributed by atoms with Crippen molar-refractivity contribution in [2.75, 3.05) is 6.61 Å². The Morgan fingerprint density at radius 2 is 2.04 bits per heavy atom. The van der Waals surface area contributed by atoms with E-state index in [4.69, 9.17) is 9.47 Å². The van der Waals surface area contributed by atoms with Gasteiger partial charge in [-0.15, -0.1) is 0 Å². The van der Waals surface area contributed by atoms with E-state index in [0.29, 0.717) is 12.0 Å². The zero-order chi connectivity index (χ0) is 17.3. The molecule has 4 nitrogen and oxygen atoms in total. The third kappa shape index (κ3) is 3.50. The van der Waals surface area contributed by atoms with Crippen LogP contribution in [0.2, 0.25) is 0 Å². The molecule has 1 aliphatic carbocycles. The Hall–Kier alpha value is -1.39. The first-order valence-corrected chi connectivity index (χ1v) is 8.95. The van der Waals surface area contributed by atoms with Gasteiger partial charge >= 0.3 is 5.97 Å². The number of esters is 1. The quantitative estimate of drug-likeness (QED) is 0.346. The van der Waals surface area contributed by atoms with Crippen LogP contribution in [0.4, 0.5) is 0 Å². The van der Waals surface area contributed by atoms with Gasteiger partial charge in [0.1, 0.15) is 11.7 Å². The highest BCUT2D eigenvalue weighted by molar-refractivity contribution is 5.90. The maximum absolute atomic E-state index is 12.0. The summed E-state index contributed by atoms with van der Waals surface area (Å²) in [7, 11) is 0. The molecule has 2 heterocycles. The van der Waals surface area contributed by atoms with Crippen molar-refractivity contribution in [1.82, 2.24) is 0 Å². The largest absolute Gasteiger partial charge is 0.458 e. The first kappa shape index (κ1) is 17.4. The molecule has 0 unspecified atom stereocenters. The standard InChI is InChI=1S/C20H28O4/c1-13-6-4-7-14(2)10-17-16(15(3)19(22)23-17)11-18-20(12-21,24-18)9-5-8-13/h7-8,16-18,21H,3-6,9-12H2,1-2H3/b13-8+,14-7+/t16-,17+,18+,20+/m1/s1. The number of carbonyl (C=O) groups is 1. The molecule has 0 saturated carbocycles. The molecule has 4 atom stereocenters. The molecule has 0 spiro atoms. The minimum absolute atomic E-state index is 0.0119. The van der Waals surface area contributed by atoms with Crippen LogP contribution in [-0.4, -0.2) is 35.5 Å². The van der Waals surface area contributed by atoms with Gasteiger partial charge in [0.25, 0.3) is 0 Å². The predicted molar refractivity (Wildman–Crippen MR) is 92.4 cm³/mol. The Morgan fingerprint density at radius 3 is 2.79 bits per heavy atom. The molecule has 2 aliphatic heterocycles. The molecule has 24 heavy (non-hydrogen) atoms. The van der Waals surface area contributed by atoms with Gasteiger partial charge in [-0.05, 0) is 46.0 Å². The fraction of sp³-hybridized carbons (Fsp3) is 0.650. The fourth-order valence-corrected chi connectivity index (χ4v) is 3.94. The van der Waals surface area contributed by atoms with E-state index in [0.717, 1.165) is 32.1 Å². The summed E-state index contributed by atoms with van der Waals surface area (Å²) in [6.07, 6.45) is 9.57. The van der Waals surface area contributed by atoms with Gasteiger partial charge in [-0.2, -0.15) is 0 Å². The van der Waals surface area contributed by atoms with Gasteiger partial charge in [0.05, 0.1) is 12.7 Å². The number of epoxide rings is 1. The third-order valence-electron chi connectivity index (χ3n) is 5.67. The van der Waals surface area contributed by atoms with Crippen molar-refractivity contribution in [2.24, 2.45) is 5.92 Å². The summed E-state index contributed by atoms with van der Waals surface area (Å²) in [5, 5.41) is 9.79. The van der Waals surface area contributed by atoms with E-state index in [-0.39, 0.29) is 30.7 Å². The molecule has 0 aromatic carbocycles. The van der Waals surface area contributed by atoms with Crippen LogP contribution in [-0.2, 0) is 14.3 Å². The minimum Gasteiger partial charge on any atom is -0.458 e. The smallest absolute Gasteiger partial charge is 0.334 e. The first-order chi connectivity index (χ1) is 11.4. The van der Waals surface area contributed by atoms with Crippen LogP contribution in [0.3, 0.4) is 0 Å². The molecule has 4 heteroatoms. The summed E-state index contributed by atoms with van der Waals surface area (Å²) in [5.41, 5.74) is 2.74. The summed E-state index contributed by atoms with van der Waals surface area (Å²) >= 11 is 0. The van der Waals surface area contributed by atoms with E-state index >= 15 is 0 Å². The highest BCUT2D eigenvalue weighted by Gasteiger charge is 2.57. The molecule has 132 valence electrons. The highest BCUT2D eigenvalue weighted by Crippen LogP contribution is 2.47. The lowest BCUT2D eigenvalue weighted by atomic mass is 9.85. The van der Waals surface area contributed by atoms with Crippen molar-refractivity contribution in [1.29, 1.82) is 0 Å². The topological polar surface area (TPSA) is 59.1 Å². The highest BCUT2D eigenvalue weighted by atomic mass is 16.6. The number of fused-ring (bicyclic) bond motifs is 2. The lowest BCUT2D eigenvalue weighted by Gasteiger charge is -2.18. The maximum Gasteiger partial charge on any atom is 0.334 e. The van der Waals surface area contributed by atoms with Gasteiger partial charge in [-0.3, -0.25) is 0 Å². The van der Waals surface area contributed by atoms with Crippen molar-refractivity contribution in [3.05, 3.63) is 35.5 Å². The zero-order valence-corrected chi connectivity index (χ0v) is 14.7. The number of ether oxygens (including phenoxy) is 2. The first-order valence-electron chi connectivity index (χ1n) is 8.95. The van der Waals surface area contributed by atoms with Gasteiger partial charge in [0.2, 0.25) is 0 Å². The van der Waals surface area contributed by atoms with Crippen LogP contribution in [0.25, 0.3) is 0 Å². The number of hydrogen-bond donors (Lipinski definition) is 1. The Kier molecular flexibility index (Phi) is 4.97. The lowest BCUT2D eigenvalue weighted by Crippen LogP contribution is -2.25. The molecular weight excluding hydrogens is 304 g/mol. The summed E-state index contributed by atoms with van der Waals surface area (Å²) < 4.78 is 11.4. The molecule has 2 saturated heterocycles. The van der Waals surface area contributed by atoms with Crippen LogP contribution in [0.5, 0.6) is 0 Å². The number of hydrogen-bond acceptors (Lipinski definition) is 4. The second kappa shape index (κ2) is 6.85. The van der Waals surface area contributed by atoms with Gasteiger partial charge in [0.15, 0.2) is 0 Å². The van der Waals surface area contributed by atoms with Gasteiger partial charge in [-0.1, -0.05) is 29.9 Å². The van der Waals surface area contributed by atoms with Crippen molar-refractivity contribution in [2.45, 2.75) is 70.2 Å². The van der Waals surface area contributed by atoms with Crippen LogP contribution < -0.4 is 0 Å². The van der Waals surface area contributed by atoms with Crippen LogP contribution >= 0.6 is 0 Å². The van der Waals surface area contributed by atoms with Crippen LogP contribution in [0.15, 0.2) is 35.5 Å². The molecule has 0 amide bonds. The molecule has 0 aromatic rings. The summed E-state index contributed by atoms with van der Waals surface area (Å²) in [5.74, 6) is -0.297. The van der Waals surface area contributed by atoms with E-state index in [2.05, 4.69) is 32.6 Å². The maximum atomic E-state index is 12.0. The molecule has 3 aliphatic rings. The fourth-order valence-electron chi connectivity index (χ4n) is 3.94. The van der Waals surface area contributed by atoms with Crippen LogP contribution in [0.1, 0.15) is 52.4 Å². The number of allylic oxidation sites excluding steroid dienone is 3. The monoisotopic (exact) mass is 332 g/mol. The Labute approximate surface area is 144 Å². The van der Waals surface area contributed by atoms with Gasteiger partial charge in [0, 0.05) is 17.9 Å². The Balaban J connectivity index is 1.80. The molecule has 0 aromatic heterocycles. The zero-order valence-electron chi connectivity index (χ0n) is 14.7. The minimum atomic E-state index is -0.442. The number of aliphatic hydroxyl groups is 1. The summed E-state index contributed by atoms with van der Waals surface area (Å²) in [6.45, 7) is 8.22. The number of aliphatic hydroxyl groups excluding tert-OH is 1. The predicted octanol–water partition coefficient (Wildman–Crippen LogP) is 3.46. The molecule has 0 bridgehead atoms. The van der Waals surface area contributed by atoms with Crippen molar-refractivity contribution in [3.8, 4) is 0 Å². The molecule has 2 fully saturated rings. The van der Waals surface area contributed by atoms with E-state index in [1.807, 2.05) is 0 Å². The van der Waals surface area contributed by atoms with E-state index in [1.54, 1.807) is 0 Å². The van der Waals surface area contributed by atoms with Crippen molar-refractivity contribution in [3.63, 3.8) is 0 Å². The average Bonchev–Trinajstić information content (AvgIpc) is 3.16. The van der Waals surface area contributed by atoms with E-state index in [9.17, 15) is 9.90 Å². The van der Waals surface area contributed by atoms with E-state index in [1.165, 1.54) is 11.1 Å². The summed E-state index contributed by atoms with van der Waals surface area (Å²) in [6, 6.07) is 0. The second-order valence-electron chi connectivity index (χ2n) is 7.52. The second-order valence-corrected chi connectivity index (χ2v) is 7.52. The lowest BCUT2D eigenvalue weighted by molar-refractivity contribution is -0.139. The molecule has 3 rings (SSSR count). The van der Waals surface area contributed by atoms with Crippen molar-refractivity contribution < 1.29 is 19.4 Å².